The molecule has 0 unspecified atom stereocenters. The van der Waals surface area contributed by atoms with E-state index in [2.05, 4.69) is 5.32 Å². The van der Waals surface area contributed by atoms with E-state index in [-0.39, 0.29) is 22.1 Å². The van der Waals surface area contributed by atoms with Crippen LogP contribution in [-0.2, 0) is 14.8 Å². The molecule has 0 aromatic heterocycles. The summed E-state index contributed by atoms with van der Waals surface area (Å²) < 4.78 is 27.4. The summed E-state index contributed by atoms with van der Waals surface area (Å²) in [6.45, 7) is 2.58. The lowest BCUT2D eigenvalue weighted by molar-refractivity contribution is -0.117. The molecule has 170 valence electrons. The highest BCUT2D eigenvalue weighted by molar-refractivity contribution is 7.92. The molecule has 1 saturated heterocycles. The zero-order valence-electron chi connectivity index (χ0n) is 18.5. The van der Waals surface area contributed by atoms with Crippen molar-refractivity contribution in [1.29, 1.82) is 0 Å². The molecule has 0 saturated carbocycles. The van der Waals surface area contributed by atoms with Crippen LogP contribution >= 0.6 is 0 Å². The SMILES string of the molecule is Cc1ccc(S(=O)(=O)N(C)c2ccccc2C(=O)Nc2ccc(N3CCCC3=O)cc2)cc1. The van der Waals surface area contributed by atoms with Gasteiger partial charge in [-0.15, -0.1) is 0 Å². The maximum absolute atomic E-state index is 13.1. The van der Waals surface area contributed by atoms with Gasteiger partial charge in [-0.05, 0) is 61.9 Å². The summed E-state index contributed by atoms with van der Waals surface area (Å²) in [5.74, 6) is -0.333. The second kappa shape index (κ2) is 9.07. The zero-order chi connectivity index (χ0) is 23.6. The number of anilines is 3. The largest absolute Gasteiger partial charge is 0.322 e. The van der Waals surface area contributed by atoms with E-state index in [0.717, 1.165) is 22.0 Å². The second-order valence-corrected chi connectivity index (χ2v) is 9.92. The maximum Gasteiger partial charge on any atom is 0.264 e. The Hall–Kier alpha value is -3.65. The Morgan fingerprint density at radius 3 is 2.27 bits per heavy atom. The van der Waals surface area contributed by atoms with Gasteiger partial charge in [0.1, 0.15) is 0 Å². The van der Waals surface area contributed by atoms with Crippen molar-refractivity contribution in [1.82, 2.24) is 0 Å². The summed E-state index contributed by atoms with van der Waals surface area (Å²) in [4.78, 5) is 26.8. The number of amides is 2. The number of para-hydroxylation sites is 1. The normalized spacial score (nSPS) is 13.8. The van der Waals surface area contributed by atoms with Gasteiger partial charge in [-0.3, -0.25) is 13.9 Å². The first-order valence-electron chi connectivity index (χ1n) is 10.6. The zero-order valence-corrected chi connectivity index (χ0v) is 19.3. The molecule has 4 rings (SSSR count). The Kier molecular flexibility index (Phi) is 6.20. The fourth-order valence-corrected chi connectivity index (χ4v) is 5.00. The highest BCUT2D eigenvalue weighted by atomic mass is 32.2. The predicted molar refractivity (Wildman–Crippen MR) is 129 cm³/mol. The van der Waals surface area contributed by atoms with Crippen LogP contribution in [0.3, 0.4) is 0 Å². The first kappa shape index (κ1) is 22.5. The Morgan fingerprint density at radius 2 is 1.64 bits per heavy atom. The molecule has 8 heteroatoms. The van der Waals surface area contributed by atoms with Crippen molar-refractivity contribution in [2.24, 2.45) is 0 Å². The van der Waals surface area contributed by atoms with E-state index < -0.39 is 15.9 Å². The smallest absolute Gasteiger partial charge is 0.264 e. The Bertz CT molecular complexity index is 1290. The highest BCUT2D eigenvalue weighted by Gasteiger charge is 2.25. The lowest BCUT2D eigenvalue weighted by Crippen LogP contribution is -2.29. The van der Waals surface area contributed by atoms with Crippen LogP contribution in [0.2, 0.25) is 0 Å². The molecule has 1 fully saturated rings. The molecule has 3 aromatic carbocycles. The third-order valence-electron chi connectivity index (χ3n) is 5.68. The monoisotopic (exact) mass is 463 g/mol. The van der Waals surface area contributed by atoms with Crippen LogP contribution in [-0.4, -0.2) is 33.8 Å². The molecular formula is C25H25N3O4S. The van der Waals surface area contributed by atoms with E-state index in [1.54, 1.807) is 77.7 Å². The number of sulfonamides is 1. The first-order valence-corrected chi connectivity index (χ1v) is 12.1. The molecule has 0 radical (unpaired) electrons. The van der Waals surface area contributed by atoms with Crippen molar-refractivity contribution in [2.75, 3.05) is 28.1 Å². The third-order valence-corrected chi connectivity index (χ3v) is 7.46. The van der Waals surface area contributed by atoms with Crippen molar-refractivity contribution in [3.05, 3.63) is 83.9 Å². The van der Waals surface area contributed by atoms with Crippen LogP contribution in [0.25, 0.3) is 0 Å². The highest BCUT2D eigenvalue weighted by Crippen LogP contribution is 2.27. The van der Waals surface area contributed by atoms with E-state index in [9.17, 15) is 18.0 Å². The number of hydrogen-bond acceptors (Lipinski definition) is 4. The van der Waals surface area contributed by atoms with Crippen LogP contribution in [0.15, 0.2) is 77.7 Å². The minimum Gasteiger partial charge on any atom is -0.322 e. The molecule has 33 heavy (non-hydrogen) atoms. The Morgan fingerprint density at radius 1 is 0.970 bits per heavy atom. The Balaban J connectivity index is 1.56. The van der Waals surface area contributed by atoms with Crippen molar-refractivity contribution in [3.8, 4) is 0 Å². The molecule has 7 nitrogen and oxygen atoms in total. The number of hydrogen-bond donors (Lipinski definition) is 1. The summed E-state index contributed by atoms with van der Waals surface area (Å²) in [6, 6.07) is 20.2. The molecule has 0 spiro atoms. The lowest BCUT2D eigenvalue weighted by Gasteiger charge is -2.22. The number of aryl methyl sites for hydroxylation is 1. The second-order valence-electron chi connectivity index (χ2n) is 7.95. The number of rotatable bonds is 6. The first-order chi connectivity index (χ1) is 15.8. The van der Waals surface area contributed by atoms with E-state index in [0.29, 0.717) is 18.7 Å². The summed E-state index contributed by atoms with van der Waals surface area (Å²) in [5.41, 5.74) is 2.80. The molecule has 2 amide bonds. The molecule has 3 aromatic rings. The topological polar surface area (TPSA) is 86.8 Å². The fraction of sp³-hybridized carbons (Fsp3) is 0.200. The van der Waals surface area contributed by atoms with Crippen LogP contribution in [0.5, 0.6) is 0 Å². The average Bonchev–Trinajstić information content (AvgIpc) is 3.25. The third kappa shape index (κ3) is 4.61. The molecule has 0 bridgehead atoms. The van der Waals surface area contributed by atoms with Crippen molar-refractivity contribution in [2.45, 2.75) is 24.7 Å². The van der Waals surface area contributed by atoms with Gasteiger partial charge >= 0.3 is 0 Å². The Labute approximate surface area is 193 Å². The van der Waals surface area contributed by atoms with Gasteiger partial charge < -0.3 is 10.2 Å². The summed E-state index contributed by atoms with van der Waals surface area (Å²) in [6.07, 6.45) is 1.39. The van der Waals surface area contributed by atoms with Gasteiger partial charge in [0.15, 0.2) is 0 Å². The van der Waals surface area contributed by atoms with E-state index >= 15 is 0 Å². The summed E-state index contributed by atoms with van der Waals surface area (Å²) in [7, 11) is -2.41. The average molecular weight is 464 g/mol. The van der Waals surface area contributed by atoms with Gasteiger partial charge in [-0.2, -0.15) is 0 Å². The number of carbonyl (C=O) groups is 2. The number of benzene rings is 3. The quantitative estimate of drug-likeness (QED) is 0.594. The summed E-state index contributed by atoms with van der Waals surface area (Å²) in [5, 5.41) is 2.82. The molecule has 1 aliphatic rings. The van der Waals surface area contributed by atoms with E-state index in [1.165, 1.54) is 7.05 Å². The minimum atomic E-state index is -3.84. The standard InChI is InChI=1S/C25H25N3O4S/c1-18-9-15-21(16-10-18)33(31,32)27(2)23-7-4-3-6-22(23)25(30)26-19-11-13-20(14-12-19)28-17-5-8-24(28)29/h3-4,6-7,9-16H,5,8,17H2,1-2H3,(H,26,30). The van der Waals surface area contributed by atoms with Crippen molar-refractivity contribution in [3.63, 3.8) is 0 Å². The molecule has 0 atom stereocenters. The van der Waals surface area contributed by atoms with Crippen LogP contribution in [0.4, 0.5) is 17.1 Å². The van der Waals surface area contributed by atoms with Crippen LogP contribution in [0, 0.1) is 6.92 Å². The number of nitrogens with one attached hydrogen (secondary N) is 1. The van der Waals surface area contributed by atoms with Crippen molar-refractivity contribution < 1.29 is 18.0 Å². The van der Waals surface area contributed by atoms with E-state index in [4.69, 9.17) is 0 Å². The van der Waals surface area contributed by atoms with Crippen LogP contribution < -0.4 is 14.5 Å². The van der Waals surface area contributed by atoms with Gasteiger partial charge in [-0.1, -0.05) is 29.8 Å². The van der Waals surface area contributed by atoms with Gasteiger partial charge in [0.2, 0.25) is 5.91 Å². The number of nitrogens with zero attached hydrogens (tertiary/aromatic N) is 2. The molecule has 0 aliphatic carbocycles. The van der Waals surface area contributed by atoms with Gasteiger partial charge in [-0.25, -0.2) is 8.42 Å². The van der Waals surface area contributed by atoms with Gasteiger partial charge in [0.25, 0.3) is 15.9 Å². The predicted octanol–water partition coefficient (Wildman–Crippen LogP) is 4.20. The molecular weight excluding hydrogens is 438 g/mol. The minimum absolute atomic E-state index is 0.0959. The molecule has 1 aliphatic heterocycles. The molecule has 1 N–H and O–H groups in total. The fourth-order valence-electron chi connectivity index (χ4n) is 3.78. The molecule has 1 heterocycles. The van der Waals surface area contributed by atoms with E-state index in [1.807, 2.05) is 6.92 Å². The van der Waals surface area contributed by atoms with Crippen molar-refractivity contribution >= 4 is 38.9 Å². The maximum atomic E-state index is 13.1. The van der Waals surface area contributed by atoms with Gasteiger partial charge in [0.05, 0.1) is 16.1 Å². The number of carbonyl (C=O) groups excluding carboxylic acids is 2. The lowest BCUT2D eigenvalue weighted by atomic mass is 10.1. The van der Waals surface area contributed by atoms with Gasteiger partial charge in [0, 0.05) is 31.4 Å². The summed E-state index contributed by atoms with van der Waals surface area (Å²) >= 11 is 0. The van der Waals surface area contributed by atoms with Crippen LogP contribution in [0.1, 0.15) is 28.8 Å².